The highest BCUT2D eigenvalue weighted by Crippen LogP contribution is 2.26. The van der Waals surface area contributed by atoms with Crippen LogP contribution in [0.3, 0.4) is 0 Å². The summed E-state index contributed by atoms with van der Waals surface area (Å²) < 4.78 is 26.9. The molecule has 0 aliphatic carbocycles. The van der Waals surface area contributed by atoms with Crippen LogP contribution in [0.15, 0.2) is 59.5 Å². The van der Waals surface area contributed by atoms with E-state index in [1.54, 1.807) is 16.4 Å². The molecule has 2 heterocycles. The molecule has 7 heteroatoms. The summed E-state index contributed by atoms with van der Waals surface area (Å²) in [5, 5.41) is 0. The van der Waals surface area contributed by atoms with Gasteiger partial charge in [0.1, 0.15) is 0 Å². The van der Waals surface area contributed by atoms with Crippen molar-refractivity contribution < 1.29 is 13.2 Å². The molecule has 4 rings (SSSR count). The number of rotatable bonds is 6. The molecule has 2 aromatic carbocycles. The Labute approximate surface area is 185 Å². The van der Waals surface area contributed by atoms with Crippen molar-refractivity contribution in [2.75, 3.05) is 39.8 Å². The second-order valence-electron chi connectivity index (χ2n) is 8.53. The van der Waals surface area contributed by atoms with Gasteiger partial charge in [-0.1, -0.05) is 42.5 Å². The Kier molecular flexibility index (Phi) is 6.74. The van der Waals surface area contributed by atoms with Crippen LogP contribution in [-0.4, -0.2) is 68.2 Å². The number of piperazine rings is 1. The first-order chi connectivity index (χ1) is 14.9. The zero-order valence-electron chi connectivity index (χ0n) is 18.1. The third-order valence-corrected chi connectivity index (χ3v) is 8.25. The van der Waals surface area contributed by atoms with Crippen molar-refractivity contribution in [3.8, 4) is 0 Å². The summed E-state index contributed by atoms with van der Waals surface area (Å²) in [6.45, 7) is 3.64. The summed E-state index contributed by atoms with van der Waals surface area (Å²) in [5.41, 5.74) is 2.15. The molecule has 0 bridgehead atoms. The SMILES string of the molecule is CN1CCN(C(=O)CCc2ccc(S(=O)(=O)N3CCCC3)cc2)[C@@H](c2ccccc2)C1. The molecule has 0 radical (unpaired) electrons. The van der Waals surface area contributed by atoms with E-state index >= 15 is 0 Å². The maximum absolute atomic E-state index is 13.1. The van der Waals surface area contributed by atoms with Crippen LogP contribution in [0.1, 0.15) is 36.4 Å². The third-order valence-electron chi connectivity index (χ3n) is 6.34. The zero-order chi connectivity index (χ0) is 21.8. The fourth-order valence-corrected chi connectivity index (χ4v) is 6.00. The van der Waals surface area contributed by atoms with Crippen LogP contribution in [0.5, 0.6) is 0 Å². The maximum Gasteiger partial charge on any atom is 0.243 e. The lowest BCUT2D eigenvalue weighted by atomic mass is 10.0. The summed E-state index contributed by atoms with van der Waals surface area (Å²) in [4.78, 5) is 17.7. The van der Waals surface area contributed by atoms with E-state index in [1.807, 2.05) is 35.2 Å². The van der Waals surface area contributed by atoms with Crippen LogP contribution in [0, 0.1) is 0 Å². The van der Waals surface area contributed by atoms with Gasteiger partial charge in [0.15, 0.2) is 0 Å². The fraction of sp³-hybridized carbons (Fsp3) is 0.458. The Hall–Kier alpha value is -2.22. The van der Waals surface area contributed by atoms with Crippen LogP contribution in [0.4, 0.5) is 0 Å². The molecule has 6 nitrogen and oxygen atoms in total. The molecule has 0 spiro atoms. The first kappa shape index (κ1) is 22.0. The van der Waals surface area contributed by atoms with Crippen molar-refractivity contribution >= 4 is 15.9 Å². The maximum atomic E-state index is 13.1. The molecule has 1 amide bonds. The van der Waals surface area contributed by atoms with Gasteiger partial charge in [-0.25, -0.2) is 8.42 Å². The summed E-state index contributed by atoms with van der Waals surface area (Å²) >= 11 is 0. The van der Waals surface area contributed by atoms with Gasteiger partial charge in [-0.3, -0.25) is 4.79 Å². The first-order valence-electron chi connectivity index (χ1n) is 11.1. The van der Waals surface area contributed by atoms with Crippen molar-refractivity contribution in [3.05, 3.63) is 65.7 Å². The molecule has 0 aromatic heterocycles. The number of amides is 1. The number of benzene rings is 2. The van der Waals surface area contributed by atoms with Gasteiger partial charge in [0.25, 0.3) is 0 Å². The molecule has 2 saturated heterocycles. The standard InChI is InChI=1S/C24H31N3O3S/c1-25-17-18-27(23(19-25)21-7-3-2-4-8-21)24(28)14-11-20-9-12-22(13-10-20)31(29,30)26-15-5-6-16-26/h2-4,7-10,12-13,23H,5-6,11,14-19H2,1H3/t23-/m1/s1. The highest BCUT2D eigenvalue weighted by Gasteiger charge is 2.30. The topological polar surface area (TPSA) is 60.9 Å². The number of aryl methyl sites for hydroxylation is 1. The molecule has 166 valence electrons. The van der Waals surface area contributed by atoms with Gasteiger partial charge in [0, 0.05) is 39.1 Å². The predicted molar refractivity (Wildman–Crippen MR) is 121 cm³/mol. The number of nitrogens with zero attached hydrogens (tertiary/aromatic N) is 3. The Morgan fingerprint density at radius 3 is 2.29 bits per heavy atom. The molecule has 2 aliphatic heterocycles. The normalized spacial score (nSPS) is 20.8. The Bertz CT molecular complexity index is 986. The van der Waals surface area contributed by atoms with E-state index in [1.165, 1.54) is 5.56 Å². The largest absolute Gasteiger partial charge is 0.333 e. The quantitative estimate of drug-likeness (QED) is 0.692. The minimum absolute atomic E-state index is 0.0698. The molecule has 2 aliphatic rings. The molecular formula is C24H31N3O3S. The number of carbonyl (C=O) groups is 1. The van der Waals surface area contributed by atoms with Gasteiger partial charge >= 0.3 is 0 Å². The van der Waals surface area contributed by atoms with E-state index < -0.39 is 10.0 Å². The molecule has 2 fully saturated rings. The Morgan fingerprint density at radius 1 is 0.935 bits per heavy atom. The van der Waals surface area contributed by atoms with Crippen molar-refractivity contribution in [3.63, 3.8) is 0 Å². The molecule has 0 saturated carbocycles. The third kappa shape index (κ3) is 5.00. The highest BCUT2D eigenvalue weighted by molar-refractivity contribution is 7.89. The van der Waals surface area contributed by atoms with Crippen molar-refractivity contribution in [2.45, 2.75) is 36.6 Å². The molecule has 1 atom stereocenters. The molecule has 0 unspecified atom stereocenters. The van der Waals surface area contributed by atoms with Crippen LogP contribution >= 0.6 is 0 Å². The van der Waals surface area contributed by atoms with Crippen LogP contribution in [0.2, 0.25) is 0 Å². The van der Waals surface area contributed by atoms with Crippen molar-refractivity contribution in [1.82, 2.24) is 14.1 Å². The van der Waals surface area contributed by atoms with Gasteiger partial charge in [0.2, 0.25) is 15.9 Å². The zero-order valence-corrected chi connectivity index (χ0v) is 18.9. The van der Waals surface area contributed by atoms with Crippen molar-refractivity contribution in [2.24, 2.45) is 0 Å². The lowest BCUT2D eigenvalue weighted by Gasteiger charge is -2.40. The lowest BCUT2D eigenvalue weighted by molar-refractivity contribution is -0.136. The van der Waals surface area contributed by atoms with Gasteiger partial charge < -0.3 is 9.80 Å². The number of hydrogen-bond donors (Lipinski definition) is 0. The second-order valence-corrected chi connectivity index (χ2v) is 10.5. The van der Waals surface area contributed by atoms with E-state index in [0.29, 0.717) is 30.8 Å². The first-order valence-corrected chi connectivity index (χ1v) is 12.5. The number of hydrogen-bond acceptors (Lipinski definition) is 4. The summed E-state index contributed by atoms with van der Waals surface area (Å²) in [7, 11) is -1.30. The summed E-state index contributed by atoms with van der Waals surface area (Å²) in [6, 6.07) is 17.3. The smallest absolute Gasteiger partial charge is 0.243 e. The Morgan fingerprint density at radius 2 is 1.61 bits per heavy atom. The molecule has 31 heavy (non-hydrogen) atoms. The molecular weight excluding hydrogens is 410 g/mol. The fourth-order valence-electron chi connectivity index (χ4n) is 4.48. The lowest BCUT2D eigenvalue weighted by Crippen LogP contribution is -2.49. The van der Waals surface area contributed by atoms with E-state index in [9.17, 15) is 13.2 Å². The molecule has 0 N–H and O–H groups in total. The highest BCUT2D eigenvalue weighted by atomic mass is 32.2. The van der Waals surface area contributed by atoms with Crippen LogP contribution in [-0.2, 0) is 21.2 Å². The number of likely N-dealkylation sites (N-methyl/N-ethyl adjacent to an activating group) is 1. The number of carbonyl (C=O) groups excluding carboxylic acids is 1. The monoisotopic (exact) mass is 441 g/mol. The summed E-state index contributed by atoms with van der Waals surface area (Å²) in [5.74, 6) is 0.149. The van der Waals surface area contributed by atoms with Crippen LogP contribution < -0.4 is 0 Å². The predicted octanol–water partition coefficient (Wildman–Crippen LogP) is 2.92. The number of sulfonamides is 1. The van der Waals surface area contributed by atoms with E-state index in [0.717, 1.165) is 38.0 Å². The van der Waals surface area contributed by atoms with Crippen molar-refractivity contribution in [1.29, 1.82) is 0 Å². The van der Waals surface area contributed by atoms with Gasteiger partial charge in [0.05, 0.1) is 10.9 Å². The van der Waals surface area contributed by atoms with E-state index in [4.69, 9.17) is 0 Å². The van der Waals surface area contributed by atoms with Gasteiger partial charge in [-0.05, 0) is 49.6 Å². The Balaban J connectivity index is 1.39. The van der Waals surface area contributed by atoms with E-state index in [2.05, 4.69) is 24.1 Å². The second kappa shape index (κ2) is 9.51. The van der Waals surface area contributed by atoms with Gasteiger partial charge in [-0.15, -0.1) is 0 Å². The minimum Gasteiger partial charge on any atom is -0.333 e. The molecule has 2 aromatic rings. The minimum atomic E-state index is -3.39. The van der Waals surface area contributed by atoms with Gasteiger partial charge in [-0.2, -0.15) is 4.31 Å². The average molecular weight is 442 g/mol. The summed E-state index contributed by atoms with van der Waals surface area (Å²) in [6.07, 6.45) is 2.88. The average Bonchev–Trinajstić information content (AvgIpc) is 3.34. The van der Waals surface area contributed by atoms with Crippen LogP contribution in [0.25, 0.3) is 0 Å². The van der Waals surface area contributed by atoms with E-state index in [-0.39, 0.29) is 11.9 Å².